The summed E-state index contributed by atoms with van der Waals surface area (Å²) in [6.07, 6.45) is 0.467. The van der Waals surface area contributed by atoms with Crippen LogP contribution in [0.2, 0.25) is 0 Å². The topological polar surface area (TPSA) is 50.8 Å². The Hall–Kier alpha value is -0.650. The molecule has 1 unspecified atom stereocenters. The molecule has 0 aromatic heterocycles. The van der Waals surface area contributed by atoms with E-state index >= 15 is 0 Å². The van der Waals surface area contributed by atoms with E-state index in [1.165, 1.54) is 0 Å². The van der Waals surface area contributed by atoms with Gasteiger partial charge in [0.25, 0.3) is 0 Å². The highest BCUT2D eigenvalue weighted by Gasteiger charge is 2.40. The standard InChI is InChI=1S/C14H26N2O3/c1-13(2)9-16(10-14(3,4)19-13)12(17)7-11-8-15-5-6-18-11/h11,15H,5-10H2,1-4H3. The van der Waals surface area contributed by atoms with Gasteiger partial charge in [0.05, 0.1) is 30.3 Å². The number of nitrogens with zero attached hydrogens (tertiary/aromatic N) is 1. The Labute approximate surface area is 115 Å². The van der Waals surface area contributed by atoms with Crippen molar-refractivity contribution in [3.8, 4) is 0 Å². The minimum atomic E-state index is -0.289. The number of morpholine rings is 2. The predicted molar refractivity (Wildman–Crippen MR) is 73.0 cm³/mol. The van der Waals surface area contributed by atoms with Crippen molar-refractivity contribution < 1.29 is 14.3 Å². The Kier molecular flexibility index (Phi) is 4.18. The molecule has 0 aliphatic carbocycles. The minimum absolute atomic E-state index is 0.00955. The Morgan fingerprint density at radius 1 is 1.26 bits per heavy atom. The van der Waals surface area contributed by atoms with Crippen molar-refractivity contribution in [1.29, 1.82) is 0 Å². The van der Waals surface area contributed by atoms with Crippen molar-refractivity contribution in [1.82, 2.24) is 10.2 Å². The summed E-state index contributed by atoms with van der Waals surface area (Å²) in [4.78, 5) is 14.3. The zero-order chi connectivity index (χ0) is 14.1. The average molecular weight is 270 g/mol. The van der Waals surface area contributed by atoms with E-state index in [1.54, 1.807) is 0 Å². The van der Waals surface area contributed by atoms with E-state index in [2.05, 4.69) is 5.32 Å². The van der Waals surface area contributed by atoms with E-state index < -0.39 is 0 Å². The van der Waals surface area contributed by atoms with Gasteiger partial charge in [0.15, 0.2) is 0 Å². The monoisotopic (exact) mass is 270 g/mol. The van der Waals surface area contributed by atoms with Crippen LogP contribution in [-0.4, -0.2) is 60.9 Å². The van der Waals surface area contributed by atoms with Crippen LogP contribution in [-0.2, 0) is 14.3 Å². The molecular weight excluding hydrogens is 244 g/mol. The molecule has 5 heteroatoms. The molecule has 2 heterocycles. The summed E-state index contributed by atoms with van der Waals surface area (Å²) < 4.78 is 11.6. The van der Waals surface area contributed by atoms with E-state index in [0.717, 1.165) is 13.1 Å². The van der Waals surface area contributed by atoms with Crippen molar-refractivity contribution in [2.45, 2.75) is 51.4 Å². The molecule has 2 aliphatic heterocycles. The third-order valence-corrected chi connectivity index (χ3v) is 3.46. The summed E-state index contributed by atoms with van der Waals surface area (Å²) in [5.74, 6) is 0.165. The number of ether oxygens (including phenoxy) is 2. The quantitative estimate of drug-likeness (QED) is 0.805. The van der Waals surface area contributed by atoms with Gasteiger partial charge in [0, 0.05) is 26.2 Å². The maximum Gasteiger partial charge on any atom is 0.225 e. The van der Waals surface area contributed by atoms with Gasteiger partial charge in [-0.05, 0) is 27.7 Å². The number of rotatable bonds is 2. The molecule has 0 spiro atoms. The fourth-order valence-electron chi connectivity index (χ4n) is 3.04. The highest BCUT2D eigenvalue weighted by molar-refractivity contribution is 5.77. The SMILES string of the molecule is CC1(C)CN(C(=O)CC2CNCCO2)CC(C)(C)O1. The fourth-order valence-corrected chi connectivity index (χ4v) is 3.04. The van der Waals surface area contributed by atoms with Crippen molar-refractivity contribution in [2.24, 2.45) is 0 Å². The van der Waals surface area contributed by atoms with Gasteiger partial charge in [-0.1, -0.05) is 0 Å². The second-order valence-corrected chi connectivity index (χ2v) is 6.77. The highest BCUT2D eigenvalue weighted by atomic mass is 16.5. The van der Waals surface area contributed by atoms with Gasteiger partial charge < -0.3 is 19.7 Å². The third-order valence-electron chi connectivity index (χ3n) is 3.46. The lowest BCUT2D eigenvalue weighted by atomic mass is 9.98. The van der Waals surface area contributed by atoms with Crippen LogP contribution < -0.4 is 5.32 Å². The molecule has 2 saturated heterocycles. The zero-order valence-electron chi connectivity index (χ0n) is 12.5. The first-order valence-corrected chi connectivity index (χ1v) is 7.08. The molecule has 0 saturated carbocycles. The van der Waals surface area contributed by atoms with Crippen molar-refractivity contribution in [3.63, 3.8) is 0 Å². The van der Waals surface area contributed by atoms with Gasteiger partial charge in [-0.2, -0.15) is 0 Å². The maximum atomic E-state index is 12.4. The molecule has 1 atom stereocenters. The van der Waals surface area contributed by atoms with Crippen LogP contribution >= 0.6 is 0 Å². The lowest BCUT2D eigenvalue weighted by molar-refractivity contribution is -0.189. The minimum Gasteiger partial charge on any atom is -0.375 e. The number of hydrogen-bond donors (Lipinski definition) is 1. The summed E-state index contributed by atoms with van der Waals surface area (Å²) >= 11 is 0. The van der Waals surface area contributed by atoms with Gasteiger partial charge in [-0.15, -0.1) is 0 Å². The van der Waals surface area contributed by atoms with Crippen LogP contribution in [0.15, 0.2) is 0 Å². The van der Waals surface area contributed by atoms with E-state index in [4.69, 9.17) is 9.47 Å². The Morgan fingerprint density at radius 3 is 2.42 bits per heavy atom. The van der Waals surface area contributed by atoms with Crippen LogP contribution in [0, 0.1) is 0 Å². The highest BCUT2D eigenvalue weighted by Crippen LogP contribution is 2.28. The molecule has 1 amide bonds. The number of carbonyl (C=O) groups is 1. The average Bonchev–Trinajstić information content (AvgIpc) is 2.26. The van der Waals surface area contributed by atoms with E-state index in [0.29, 0.717) is 26.1 Å². The number of carbonyl (C=O) groups excluding carboxylic acids is 1. The van der Waals surface area contributed by atoms with Crippen LogP contribution in [0.5, 0.6) is 0 Å². The van der Waals surface area contributed by atoms with Gasteiger partial charge in [-0.3, -0.25) is 4.79 Å². The first kappa shape index (κ1) is 14.8. The van der Waals surface area contributed by atoms with Crippen molar-refractivity contribution >= 4 is 5.91 Å². The summed E-state index contributed by atoms with van der Waals surface area (Å²) in [6, 6.07) is 0. The molecular formula is C14H26N2O3. The second-order valence-electron chi connectivity index (χ2n) is 6.77. The van der Waals surface area contributed by atoms with Crippen molar-refractivity contribution in [2.75, 3.05) is 32.8 Å². The predicted octanol–water partition coefficient (Wildman–Crippen LogP) is 0.781. The van der Waals surface area contributed by atoms with Crippen molar-refractivity contribution in [3.05, 3.63) is 0 Å². The largest absolute Gasteiger partial charge is 0.375 e. The fraction of sp³-hybridized carbons (Fsp3) is 0.929. The molecule has 0 aromatic carbocycles. The van der Waals surface area contributed by atoms with E-state index in [-0.39, 0.29) is 23.2 Å². The van der Waals surface area contributed by atoms with E-state index in [1.807, 2.05) is 32.6 Å². The molecule has 5 nitrogen and oxygen atoms in total. The summed E-state index contributed by atoms with van der Waals surface area (Å²) in [6.45, 7) is 11.8. The first-order valence-electron chi connectivity index (χ1n) is 7.08. The Morgan fingerprint density at radius 2 is 1.89 bits per heavy atom. The lowest BCUT2D eigenvalue weighted by Crippen LogP contribution is -2.59. The number of nitrogens with one attached hydrogen (secondary N) is 1. The molecule has 0 aromatic rings. The van der Waals surface area contributed by atoms with Gasteiger partial charge >= 0.3 is 0 Å². The van der Waals surface area contributed by atoms with E-state index in [9.17, 15) is 4.79 Å². The normalized spacial score (nSPS) is 30.1. The van der Waals surface area contributed by atoms with Crippen LogP contribution in [0.1, 0.15) is 34.1 Å². The molecule has 2 aliphatic rings. The Bertz CT molecular complexity index is 320. The third kappa shape index (κ3) is 4.16. The molecule has 1 N–H and O–H groups in total. The van der Waals surface area contributed by atoms with Crippen LogP contribution in [0.4, 0.5) is 0 Å². The Balaban J connectivity index is 1.94. The molecule has 0 bridgehead atoms. The molecule has 110 valence electrons. The second kappa shape index (κ2) is 5.38. The first-order chi connectivity index (χ1) is 8.77. The molecule has 2 fully saturated rings. The molecule has 2 rings (SSSR count). The summed E-state index contributed by atoms with van der Waals surface area (Å²) in [7, 11) is 0. The number of amides is 1. The summed E-state index contributed by atoms with van der Waals surface area (Å²) in [5.41, 5.74) is -0.577. The number of hydrogen-bond acceptors (Lipinski definition) is 4. The smallest absolute Gasteiger partial charge is 0.225 e. The molecule has 0 radical (unpaired) electrons. The molecule has 19 heavy (non-hydrogen) atoms. The maximum absolute atomic E-state index is 12.4. The van der Waals surface area contributed by atoms with Gasteiger partial charge in [0.2, 0.25) is 5.91 Å². The van der Waals surface area contributed by atoms with Gasteiger partial charge in [0.1, 0.15) is 0 Å². The van der Waals surface area contributed by atoms with Crippen LogP contribution in [0.3, 0.4) is 0 Å². The lowest BCUT2D eigenvalue weighted by Gasteiger charge is -2.47. The van der Waals surface area contributed by atoms with Gasteiger partial charge in [-0.25, -0.2) is 0 Å². The zero-order valence-corrected chi connectivity index (χ0v) is 12.5. The summed E-state index contributed by atoms with van der Waals surface area (Å²) in [5, 5.41) is 3.26. The van der Waals surface area contributed by atoms with Crippen LogP contribution in [0.25, 0.3) is 0 Å².